The molecule has 1 aromatic carbocycles. The van der Waals surface area contributed by atoms with E-state index in [1.807, 2.05) is 6.07 Å². The summed E-state index contributed by atoms with van der Waals surface area (Å²) in [5, 5.41) is 6.73. The van der Waals surface area contributed by atoms with E-state index in [1.165, 1.54) is 0 Å². The molecular formula is C17H17ClN4O3S. The number of aromatic nitrogens is 2. The van der Waals surface area contributed by atoms with Crippen molar-refractivity contribution in [3.63, 3.8) is 0 Å². The third-order valence-electron chi connectivity index (χ3n) is 3.86. The Kier molecular flexibility index (Phi) is 5.97. The fourth-order valence-electron chi connectivity index (χ4n) is 2.45. The highest BCUT2D eigenvalue weighted by atomic mass is 35.5. The average molecular weight is 393 g/mol. The lowest BCUT2D eigenvalue weighted by atomic mass is 10.2. The lowest BCUT2D eigenvalue weighted by molar-refractivity contribution is -0.131. The number of rotatable bonds is 4. The van der Waals surface area contributed by atoms with Gasteiger partial charge in [-0.25, -0.2) is 0 Å². The first-order chi connectivity index (χ1) is 12.6. The van der Waals surface area contributed by atoms with E-state index in [4.69, 9.17) is 16.3 Å². The number of morpholine rings is 1. The normalized spacial score (nSPS) is 15.4. The molecule has 0 bridgehead atoms. The van der Waals surface area contributed by atoms with Crippen molar-refractivity contribution < 1.29 is 14.3 Å². The number of carbonyl (C=O) groups excluding carboxylic acids is 2. The second-order valence-electron chi connectivity index (χ2n) is 5.60. The number of aryl methyl sites for hydroxylation is 1. The van der Waals surface area contributed by atoms with Crippen molar-refractivity contribution in [1.29, 1.82) is 0 Å². The molecule has 2 amide bonds. The van der Waals surface area contributed by atoms with Gasteiger partial charge in [0.1, 0.15) is 5.70 Å². The molecule has 1 aromatic heterocycles. The highest BCUT2D eigenvalue weighted by Crippen LogP contribution is 2.28. The minimum absolute atomic E-state index is 0.0246. The van der Waals surface area contributed by atoms with Crippen LogP contribution in [-0.2, 0) is 9.53 Å². The molecule has 0 radical (unpaired) electrons. The number of amides is 2. The molecular weight excluding hydrogens is 376 g/mol. The summed E-state index contributed by atoms with van der Waals surface area (Å²) in [6, 6.07) is 8.65. The first kappa shape index (κ1) is 18.5. The van der Waals surface area contributed by atoms with Crippen LogP contribution in [0.25, 0.3) is 5.03 Å². The van der Waals surface area contributed by atoms with Gasteiger partial charge in [-0.2, -0.15) is 0 Å². The summed E-state index contributed by atoms with van der Waals surface area (Å²) in [5.41, 5.74) is 1.06. The highest BCUT2D eigenvalue weighted by Gasteiger charge is 2.27. The zero-order chi connectivity index (χ0) is 18.5. The molecule has 1 N–H and O–H groups in total. The highest BCUT2D eigenvalue weighted by molar-refractivity contribution is 7.08. The molecule has 0 spiro atoms. The molecule has 2 aromatic rings. The Hall–Kier alpha value is -2.29. The molecule has 1 aliphatic heterocycles. The van der Waals surface area contributed by atoms with Crippen LogP contribution >= 0.6 is 23.1 Å². The number of halogens is 1. The Morgan fingerprint density at radius 3 is 2.54 bits per heavy atom. The second kappa shape index (κ2) is 8.39. The minimum atomic E-state index is -0.407. The van der Waals surface area contributed by atoms with Gasteiger partial charge in [-0.05, 0) is 30.6 Å². The first-order valence-corrected chi connectivity index (χ1v) is 9.15. The van der Waals surface area contributed by atoms with Gasteiger partial charge in [-0.15, -0.1) is 5.10 Å². The van der Waals surface area contributed by atoms with Crippen LogP contribution in [0.4, 0.5) is 0 Å². The van der Waals surface area contributed by atoms with Gasteiger partial charge in [0.2, 0.25) is 0 Å². The van der Waals surface area contributed by atoms with Crippen molar-refractivity contribution in [2.45, 2.75) is 6.92 Å². The zero-order valence-corrected chi connectivity index (χ0v) is 15.6. The quantitative estimate of drug-likeness (QED) is 0.805. The molecule has 9 heteroatoms. The van der Waals surface area contributed by atoms with Gasteiger partial charge >= 0.3 is 0 Å². The van der Waals surface area contributed by atoms with E-state index >= 15 is 0 Å². The summed E-state index contributed by atoms with van der Waals surface area (Å²) < 4.78 is 9.13. The van der Waals surface area contributed by atoms with Crippen molar-refractivity contribution in [3.05, 3.63) is 52.2 Å². The lowest BCUT2D eigenvalue weighted by Gasteiger charge is -2.28. The van der Waals surface area contributed by atoms with Crippen LogP contribution in [0.2, 0.25) is 0 Å². The molecule has 26 heavy (non-hydrogen) atoms. The number of hydrogen-bond acceptors (Lipinski definition) is 6. The molecule has 2 heterocycles. The smallest absolute Gasteiger partial charge is 0.272 e. The summed E-state index contributed by atoms with van der Waals surface area (Å²) in [4.78, 5) is 27.7. The summed E-state index contributed by atoms with van der Waals surface area (Å²) in [6.07, 6.45) is 0. The minimum Gasteiger partial charge on any atom is -0.378 e. The van der Waals surface area contributed by atoms with Gasteiger partial charge in [-0.1, -0.05) is 34.3 Å². The number of nitrogens with zero attached hydrogens (tertiary/aromatic N) is 3. The molecule has 136 valence electrons. The fourth-order valence-corrected chi connectivity index (χ4v) is 3.42. The predicted molar refractivity (Wildman–Crippen MR) is 98.7 cm³/mol. The van der Waals surface area contributed by atoms with E-state index in [0.717, 1.165) is 11.5 Å². The number of nitrogens with one attached hydrogen (secondary N) is 1. The average Bonchev–Trinajstić information content (AvgIpc) is 3.12. The molecule has 1 saturated heterocycles. The van der Waals surface area contributed by atoms with Gasteiger partial charge in [0.25, 0.3) is 11.8 Å². The maximum absolute atomic E-state index is 13.0. The third-order valence-corrected chi connectivity index (χ3v) is 5.19. The van der Waals surface area contributed by atoms with Crippen LogP contribution < -0.4 is 5.32 Å². The van der Waals surface area contributed by atoms with E-state index in [9.17, 15) is 9.59 Å². The van der Waals surface area contributed by atoms with Crippen LogP contribution in [0.1, 0.15) is 20.9 Å². The molecule has 0 unspecified atom stereocenters. The topological polar surface area (TPSA) is 84.4 Å². The van der Waals surface area contributed by atoms with Gasteiger partial charge in [0.05, 0.1) is 28.8 Å². The number of hydrogen-bond donors (Lipinski definition) is 1. The maximum Gasteiger partial charge on any atom is 0.272 e. The van der Waals surface area contributed by atoms with E-state index < -0.39 is 5.91 Å². The van der Waals surface area contributed by atoms with Crippen molar-refractivity contribution in [1.82, 2.24) is 19.8 Å². The monoisotopic (exact) mass is 392 g/mol. The Bertz CT molecular complexity index is 832. The van der Waals surface area contributed by atoms with E-state index in [0.29, 0.717) is 42.4 Å². The molecule has 1 fully saturated rings. The maximum atomic E-state index is 13.0. The first-order valence-electron chi connectivity index (χ1n) is 8.00. The van der Waals surface area contributed by atoms with Crippen molar-refractivity contribution in [2.75, 3.05) is 26.3 Å². The SMILES string of the molecule is Cc1nnsc1/C(Cl)=C(/NC(=O)c1ccccc1)C(=O)N1CCOCC1. The third kappa shape index (κ3) is 4.09. The van der Waals surface area contributed by atoms with E-state index in [-0.39, 0.29) is 16.6 Å². The number of benzene rings is 1. The summed E-state index contributed by atoms with van der Waals surface area (Å²) in [6.45, 7) is 3.52. The summed E-state index contributed by atoms with van der Waals surface area (Å²) in [7, 11) is 0. The van der Waals surface area contributed by atoms with Crippen molar-refractivity contribution in [3.8, 4) is 0 Å². The van der Waals surface area contributed by atoms with Crippen LogP contribution in [0.5, 0.6) is 0 Å². The molecule has 0 saturated carbocycles. The van der Waals surface area contributed by atoms with Gasteiger partial charge in [0.15, 0.2) is 0 Å². The Morgan fingerprint density at radius 2 is 1.92 bits per heavy atom. The lowest BCUT2D eigenvalue weighted by Crippen LogP contribution is -2.44. The predicted octanol–water partition coefficient (Wildman–Crippen LogP) is 2.04. The van der Waals surface area contributed by atoms with Gasteiger partial charge in [0, 0.05) is 18.7 Å². The summed E-state index contributed by atoms with van der Waals surface area (Å²) >= 11 is 7.56. The fraction of sp³-hybridized carbons (Fsp3) is 0.294. The van der Waals surface area contributed by atoms with Crippen LogP contribution in [0, 0.1) is 6.92 Å². The van der Waals surface area contributed by atoms with Crippen molar-refractivity contribution in [2.24, 2.45) is 0 Å². The Balaban J connectivity index is 1.94. The van der Waals surface area contributed by atoms with Gasteiger partial charge < -0.3 is 15.0 Å². The molecule has 7 nitrogen and oxygen atoms in total. The van der Waals surface area contributed by atoms with Gasteiger partial charge in [-0.3, -0.25) is 9.59 Å². The number of ether oxygens (including phenoxy) is 1. The zero-order valence-electron chi connectivity index (χ0n) is 14.1. The molecule has 0 aliphatic carbocycles. The van der Waals surface area contributed by atoms with Crippen LogP contribution in [-0.4, -0.2) is 52.6 Å². The standard InChI is InChI=1S/C17H17ClN4O3S/c1-11-15(26-21-20-11)13(18)14(17(24)22-7-9-25-10-8-22)19-16(23)12-5-3-2-4-6-12/h2-6H,7-10H2,1H3,(H,19,23)/b14-13-. The largest absolute Gasteiger partial charge is 0.378 e. The second-order valence-corrected chi connectivity index (χ2v) is 6.73. The number of carbonyl (C=O) groups is 2. The Labute approximate surface area is 159 Å². The van der Waals surface area contributed by atoms with E-state index in [1.54, 1.807) is 36.1 Å². The molecule has 0 atom stereocenters. The van der Waals surface area contributed by atoms with Crippen LogP contribution in [0.3, 0.4) is 0 Å². The van der Waals surface area contributed by atoms with E-state index in [2.05, 4.69) is 14.9 Å². The van der Waals surface area contributed by atoms with Crippen molar-refractivity contribution >= 4 is 40.0 Å². The molecule has 1 aliphatic rings. The Morgan fingerprint density at radius 1 is 1.23 bits per heavy atom. The molecule has 3 rings (SSSR count). The van der Waals surface area contributed by atoms with Crippen LogP contribution in [0.15, 0.2) is 36.0 Å². The summed E-state index contributed by atoms with van der Waals surface area (Å²) in [5.74, 6) is -0.758.